The van der Waals surface area contributed by atoms with Crippen LogP contribution in [0.1, 0.15) is 21.1 Å². The number of nitrogens with zero attached hydrogens (tertiary/aromatic N) is 1. The SMILES string of the molecule is COc1cccc(F)c1C(=O)Cc1csc(C)n1. The first-order valence-corrected chi connectivity index (χ1v) is 6.26. The number of carbonyl (C=O) groups excluding carboxylic acids is 1. The van der Waals surface area contributed by atoms with Crippen molar-refractivity contribution in [1.82, 2.24) is 4.98 Å². The molecule has 2 rings (SSSR count). The summed E-state index contributed by atoms with van der Waals surface area (Å²) >= 11 is 1.47. The maximum atomic E-state index is 13.7. The average Bonchev–Trinajstić information content (AvgIpc) is 2.74. The number of aryl methyl sites for hydroxylation is 1. The van der Waals surface area contributed by atoms with Crippen molar-refractivity contribution in [3.63, 3.8) is 0 Å². The van der Waals surface area contributed by atoms with Crippen molar-refractivity contribution in [1.29, 1.82) is 0 Å². The third kappa shape index (κ3) is 2.56. The molecule has 0 amide bonds. The fourth-order valence-electron chi connectivity index (χ4n) is 1.69. The highest BCUT2D eigenvalue weighted by molar-refractivity contribution is 7.09. The van der Waals surface area contributed by atoms with Gasteiger partial charge in [0.1, 0.15) is 11.6 Å². The molecule has 0 unspecified atom stereocenters. The summed E-state index contributed by atoms with van der Waals surface area (Å²) in [6.07, 6.45) is 0.0850. The van der Waals surface area contributed by atoms with Gasteiger partial charge in [0.05, 0.1) is 29.8 Å². The number of halogens is 1. The van der Waals surface area contributed by atoms with Crippen LogP contribution >= 0.6 is 11.3 Å². The summed E-state index contributed by atoms with van der Waals surface area (Å²) in [4.78, 5) is 16.3. The molecule has 0 saturated carbocycles. The summed E-state index contributed by atoms with van der Waals surface area (Å²) in [6, 6.07) is 4.34. The number of benzene rings is 1. The molecule has 1 heterocycles. The maximum Gasteiger partial charge on any atom is 0.175 e. The molecule has 1 aromatic heterocycles. The van der Waals surface area contributed by atoms with Crippen molar-refractivity contribution in [3.8, 4) is 5.75 Å². The lowest BCUT2D eigenvalue weighted by atomic mass is 10.1. The van der Waals surface area contributed by atoms with Crippen LogP contribution in [0.5, 0.6) is 5.75 Å². The topological polar surface area (TPSA) is 39.2 Å². The Morgan fingerprint density at radius 1 is 1.50 bits per heavy atom. The highest BCUT2D eigenvalue weighted by Gasteiger charge is 2.18. The third-order valence-electron chi connectivity index (χ3n) is 2.48. The molecule has 0 aliphatic heterocycles. The summed E-state index contributed by atoms with van der Waals surface area (Å²) in [5, 5.41) is 2.69. The fourth-order valence-corrected chi connectivity index (χ4v) is 2.30. The zero-order chi connectivity index (χ0) is 13.1. The van der Waals surface area contributed by atoms with Crippen molar-refractivity contribution < 1.29 is 13.9 Å². The lowest BCUT2D eigenvalue weighted by molar-refractivity contribution is 0.0985. The number of Topliss-reactive ketones (excluding diaryl/α,β-unsaturated/α-hetero) is 1. The first-order valence-electron chi connectivity index (χ1n) is 5.38. The van der Waals surface area contributed by atoms with Gasteiger partial charge >= 0.3 is 0 Å². The Hall–Kier alpha value is -1.75. The molecular formula is C13H12FNO2S. The molecule has 0 fully saturated rings. The number of aromatic nitrogens is 1. The Morgan fingerprint density at radius 2 is 2.28 bits per heavy atom. The summed E-state index contributed by atoms with van der Waals surface area (Å²) in [5.41, 5.74) is 0.651. The molecule has 0 aliphatic rings. The monoisotopic (exact) mass is 265 g/mol. The molecule has 2 aromatic rings. The van der Waals surface area contributed by atoms with Gasteiger partial charge in [0.2, 0.25) is 0 Å². The molecule has 0 bridgehead atoms. The van der Waals surface area contributed by atoms with Crippen LogP contribution in [0.2, 0.25) is 0 Å². The predicted octanol–water partition coefficient (Wildman–Crippen LogP) is 3.02. The van der Waals surface area contributed by atoms with Crippen LogP contribution in [0, 0.1) is 12.7 Å². The van der Waals surface area contributed by atoms with Gasteiger partial charge in [-0.2, -0.15) is 0 Å². The molecule has 0 N–H and O–H groups in total. The van der Waals surface area contributed by atoms with Crippen molar-refractivity contribution >= 4 is 17.1 Å². The van der Waals surface area contributed by atoms with Crippen LogP contribution in [0.3, 0.4) is 0 Å². The Balaban J connectivity index is 2.28. The Labute approximate surface area is 108 Å². The van der Waals surface area contributed by atoms with Gasteiger partial charge < -0.3 is 4.74 Å². The molecule has 18 heavy (non-hydrogen) atoms. The second-order valence-electron chi connectivity index (χ2n) is 3.77. The number of ketones is 1. The van der Waals surface area contributed by atoms with E-state index in [0.717, 1.165) is 5.01 Å². The molecule has 1 aromatic carbocycles. The minimum absolute atomic E-state index is 0.00865. The van der Waals surface area contributed by atoms with Crippen LogP contribution in [0.4, 0.5) is 4.39 Å². The van der Waals surface area contributed by atoms with Crippen molar-refractivity contribution in [2.75, 3.05) is 7.11 Å². The quantitative estimate of drug-likeness (QED) is 0.798. The highest BCUT2D eigenvalue weighted by atomic mass is 32.1. The standard InChI is InChI=1S/C13H12FNO2S/c1-8-15-9(7-18-8)6-11(16)13-10(14)4-3-5-12(13)17-2/h3-5,7H,6H2,1-2H3. The van der Waals surface area contributed by atoms with Crippen molar-refractivity contribution in [2.45, 2.75) is 13.3 Å². The van der Waals surface area contributed by atoms with Crippen LogP contribution in [-0.2, 0) is 6.42 Å². The number of methoxy groups -OCH3 is 1. The van der Waals surface area contributed by atoms with E-state index >= 15 is 0 Å². The molecule has 3 nitrogen and oxygen atoms in total. The van der Waals surface area contributed by atoms with E-state index in [1.54, 1.807) is 11.4 Å². The van der Waals surface area contributed by atoms with Crippen LogP contribution in [0.25, 0.3) is 0 Å². The van der Waals surface area contributed by atoms with E-state index in [1.807, 2.05) is 6.92 Å². The van der Waals surface area contributed by atoms with E-state index < -0.39 is 5.82 Å². The molecule has 0 aliphatic carbocycles. The zero-order valence-corrected chi connectivity index (χ0v) is 10.9. The van der Waals surface area contributed by atoms with Crippen LogP contribution in [-0.4, -0.2) is 17.9 Å². The maximum absolute atomic E-state index is 13.7. The Morgan fingerprint density at radius 3 is 2.89 bits per heavy atom. The lowest BCUT2D eigenvalue weighted by Gasteiger charge is -2.07. The minimum Gasteiger partial charge on any atom is -0.496 e. The second-order valence-corrected chi connectivity index (χ2v) is 4.84. The molecular weight excluding hydrogens is 253 g/mol. The first-order chi connectivity index (χ1) is 8.61. The van der Waals surface area contributed by atoms with E-state index in [0.29, 0.717) is 5.69 Å². The number of rotatable bonds is 4. The van der Waals surface area contributed by atoms with Gasteiger partial charge in [-0.1, -0.05) is 6.07 Å². The normalized spacial score (nSPS) is 10.4. The number of thiazole rings is 1. The summed E-state index contributed by atoms with van der Waals surface area (Å²) in [6.45, 7) is 1.86. The Kier molecular flexibility index (Phi) is 3.72. The number of hydrogen-bond acceptors (Lipinski definition) is 4. The van der Waals surface area contributed by atoms with Crippen molar-refractivity contribution in [3.05, 3.63) is 45.7 Å². The third-order valence-corrected chi connectivity index (χ3v) is 3.30. The van der Waals surface area contributed by atoms with Crippen molar-refractivity contribution in [2.24, 2.45) is 0 Å². The lowest BCUT2D eigenvalue weighted by Crippen LogP contribution is -2.08. The van der Waals surface area contributed by atoms with Gasteiger partial charge in [0, 0.05) is 5.38 Å². The predicted molar refractivity (Wildman–Crippen MR) is 67.8 cm³/mol. The van der Waals surface area contributed by atoms with Gasteiger partial charge in [0.25, 0.3) is 0 Å². The first kappa shape index (κ1) is 12.7. The second kappa shape index (κ2) is 5.27. The summed E-state index contributed by atoms with van der Waals surface area (Å²) < 4.78 is 18.7. The fraction of sp³-hybridized carbons (Fsp3) is 0.231. The largest absolute Gasteiger partial charge is 0.496 e. The summed E-state index contributed by atoms with van der Waals surface area (Å²) in [5.74, 6) is -0.631. The number of hydrogen-bond donors (Lipinski definition) is 0. The van der Waals surface area contributed by atoms with Crippen LogP contribution in [0.15, 0.2) is 23.6 Å². The number of ether oxygens (including phenoxy) is 1. The summed E-state index contributed by atoms with van der Waals surface area (Å²) in [7, 11) is 1.42. The van der Waals surface area contributed by atoms with E-state index in [1.165, 1.54) is 30.6 Å². The van der Waals surface area contributed by atoms with E-state index in [9.17, 15) is 9.18 Å². The highest BCUT2D eigenvalue weighted by Crippen LogP contribution is 2.23. The molecule has 0 spiro atoms. The molecule has 5 heteroatoms. The average molecular weight is 265 g/mol. The Bertz CT molecular complexity index is 580. The van der Waals surface area contributed by atoms with Gasteiger partial charge in [-0.15, -0.1) is 11.3 Å². The van der Waals surface area contributed by atoms with Gasteiger partial charge in [0.15, 0.2) is 5.78 Å². The van der Waals surface area contributed by atoms with Gasteiger partial charge in [-0.05, 0) is 19.1 Å². The van der Waals surface area contributed by atoms with E-state index in [4.69, 9.17) is 4.74 Å². The smallest absolute Gasteiger partial charge is 0.175 e. The number of carbonyl (C=O) groups is 1. The van der Waals surface area contributed by atoms with Gasteiger partial charge in [-0.3, -0.25) is 4.79 Å². The minimum atomic E-state index is -0.564. The van der Waals surface area contributed by atoms with E-state index in [-0.39, 0.29) is 23.5 Å². The zero-order valence-electron chi connectivity index (χ0n) is 10.1. The van der Waals surface area contributed by atoms with Crippen LogP contribution < -0.4 is 4.74 Å². The molecule has 0 saturated heterocycles. The van der Waals surface area contributed by atoms with E-state index in [2.05, 4.69) is 4.98 Å². The van der Waals surface area contributed by atoms with Gasteiger partial charge in [-0.25, -0.2) is 9.37 Å². The molecule has 0 atom stereocenters. The molecule has 94 valence electrons. The molecule has 0 radical (unpaired) electrons.